The second-order valence-electron chi connectivity index (χ2n) is 7.80. The highest BCUT2D eigenvalue weighted by Gasteiger charge is 2.53. The van der Waals surface area contributed by atoms with Gasteiger partial charge in [-0.25, -0.2) is 18.1 Å². The van der Waals surface area contributed by atoms with Gasteiger partial charge in [0.25, 0.3) is 0 Å². The minimum absolute atomic E-state index is 0.0320. The zero-order valence-electron chi connectivity index (χ0n) is 19.0. The van der Waals surface area contributed by atoms with Crippen LogP contribution in [0.2, 0.25) is 0 Å². The summed E-state index contributed by atoms with van der Waals surface area (Å²) in [7, 11) is -1.86. The van der Waals surface area contributed by atoms with E-state index in [1.165, 1.54) is 7.05 Å². The Labute approximate surface area is 182 Å². The van der Waals surface area contributed by atoms with E-state index in [1.807, 2.05) is 24.3 Å². The second kappa shape index (κ2) is 11.1. The van der Waals surface area contributed by atoms with Crippen LogP contribution in [0, 0.1) is 5.41 Å². The molecular weight excluding hydrogens is 400 g/mol. The molecule has 0 saturated heterocycles. The predicted molar refractivity (Wildman–Crippen MR) is 123 cm³/mol. The molecular formula is C22H38N4O3S. The maximum atomic E-state index is 11.8. The number of rotatable bonds is 11. The van der Waals surface area contributed by atoms with Crippen LogP contribution in [0.25, 0.3) is 0 Å². The van der Waals surface area contributed by atoms with Crippen molar-refractivity contribution in [2.75, 3.05) is 20.2 Å². The van der Waals surface area contributed by atoms with Crippen LogP contribution in [0.1, 0.15) is 58.1 Å². The third-order valence-electron chi connectivity index (χ3n) is 6.20. The van der Waals surface area contributed by atoms with Crippen molar-refractivity contribution < 1.29 is 13.2 Å². The Morgan fingerprint density at radius 3 is 2.50 bits per heavy atom. The van der Waals surface area contributed by atoms with Crippen LogP contribution >= 0.6 is 0 Å². The Hall–Kier alpha value is -1.64. The van der Waals surface area contributed by atoms with E-state index < -0.39 is 10.0 Å². The zero-order chi connectivity index (χ0) is 22.2. The molecule has 0 aromatic heterocycles. The Bertz CT molecular complexity index is 806. The lowest BCUT2D eigenvalue weighted by atomic mass is 9.58. The van der Waals surface area contributed by atoms with Crippen LogP contribution in [-0.2, 0) is 27.1 Å². The molecule has 0 aliphatic heterocycles. The van der Waals surface area contributed by atoms with Gasteiger partial charge in [0.05, 0.1) is 18.4 Å². The molecule has 8 heteroatoms. The van der Waals surface area contributed by atoms with Gasteiger partial charge in [-0.05, 0) is 51.3 Å². The number of hydrogen-bond acceptors (Lipinski definition) is 4. The maximum Gasteiger partial charge on any atom is 0.215 e. The third-order valence-corrected chi connectivity index (χ3v) is 7.54. The van der Waals surface area contributed by atoms with Crippen molar-refractivity contribution in [3.05, 3.63) is 35.4 Å². The van der Waals surface area contributed by atoms with Gasteiger partial charge >= 0.3 is 0 Å². The van der Waals surface area contributed by atoms with Crippen LogP contribution in [0.15, 0.2) is 29.3 Å². The molecule has 0 amide bonds. The van der Waals surface area contributed by atoms with E-state index in [1.54, 1.807) is 0 Å². The number of aliphatic imine (C=N–C) groups is 1. The normalized spacial score (nSPS) is 21.2. The minimum Gasteiger partial charge on any atom is -0.378 e. The first-order valence-corrected chi connectivity index (χ1v) is 12.6. The van der Waals surface area contributed by atoms with Gasteiger partial charge in [0.15, 0.2) is 5.96 Å². The summed E-state index contributed by atoms with van der Waals surface area (Å²) in [6, 6.07) is 7.90. The average molecular weight is 439 g/mol. The van der Waals surface area contributed by atoms with Gasteiger partial charge in [0, 0.05) is 24.6 Å². The van der Waals surface area contributed by atoms with Gasteiger partial charge in [-0.2, -0.15) is 0 Å². The average Bonchev–Trinajstić information content (AvgIpc) is 2.72. The minimum atomic E-state index is -3.29. The molecule has 1 aliphatic rings. The SMILES string of the molecule is CCNC(=NCc1cccc(CS(=O)(=O)NC)c1)NC1CC(OCC)C1(CC)CC. The largest absolute Gasteiger partial charge is 0.378 e. The van der Waals surface area contributed by atoms with Crippen molar-refractivity contribution in [1.29, 1.82) is 0 Å². The summed E-state index contributed by atoms with van der Waals surface area (Å²) in [6.07, 6.45) is 3.40. The Morgan fingerprint density at radius 1 is 1.20 bits per heavy atom. The van der Waals surface area contributed by atoms with Crippen molar-refractivity contribution >= 4 is 16.0 Å². The van der Waals surface area contributed by atoms with Gasteiger partial charge in [-0.3, -0.25) is 0 Å². The van der Waals surface area contributed by atoms with E-state index in [2.05, 4.69) is 43.1 Å². The topological polar surface area (TPSA) is 91.8 Å². The molecule has 30 heavy (non-hydrogen) atoms. The molecule has 1 saturated carbocycles. The Balaban J connectivity index is 2.10. The highest BCUT2D eigenvalue weighted by atomic mass is 32.2. The number of guanidine groups is 1. The lowest BCUT2D eigenvalue weighted by Crippen LogP contribution is -2.65. The van der Waals surface area contributed by atoms with Gasteiger partial charge in [-0.1, -0.05) is 38.1 Å². The molecule has 2 atom stereocenters. The van der Waals surface area contributed by atoms with E-state index in [4.69, 9.17) is 9.73 Å². The van der Waals surface area contributed by atoms with E-state index in [0.29, 0.717) is 18.7 Å². The number of nitrogens with zero attached hydrogens (tertiary/aromatic N) is 1. The quantitative estimate of drug-likeness (QED) is 0.365. The lowest BCUT2D eigenvalue weighted by Gasteiger charge is -2.55. The zero-order valence-corrected chi connectivity index (χ0v) is 19.8. The highest BCUT2D eigenvalue weighted by Crippen LogP contribution is 2.48. The summed E-state index contributed by atoms with van der Waals surface area (Å²) in [5.41, 5.74) is 1.87. The summed E-state index contributed by atoms with van der Waals surface area (Å²) in [4.78, 5) is 4.76. The number of hydrogen-bond donors (Lipinski definition) is 3. The fourth-order valence-electron chi connectivity index (χ4n) is 4.35. The van der Waals surface area contributed by atoms with E-state index >= 15 is 0 Å². The second-order valence-corrected chi connectivity index (χ2v) is 9.72. The molecule has 2 rings (SSSR count). The first kappa shape index (κ1) is 24.6. The molecule has 7 nitrogen and oxygen atoms in total. The summed E-state index contributed by atoms with van der Waals surface area (Å²) in [5, 5.41) is 6.96. The van der Waals surface area contributed by atoms with Gasteiger partial charge < -0.3 is 15.4 Å². The van der Waals surface area contributed by atoms with Crippen molar-refractivity contribution in [2.45, 2.75) is 71.4 Å². The smallest absolute Gasteiger partial charge is 0.215 e. The highest BCUT2D eigenvalue weighted by molar-refractivity contribution is 7.88. The molecule has 1 fully saturated rings. The van der Waals surface area contributed by atoms with E-state index in [9.17, 15) is 8.42 Å². The van der Waals surface area contributed by atoms with Crippen LogP contribution in [0.4, 0.5) is 0 Å². The molecule has 1 aromatic rings. The van der Waals surface area contributed by atoms with Crippen molar-refractivity contribution in [1.82, 2.24) is 15.4 Å². The summed E-state index contributed by atoms with van der Waals surface area (Å²) < 4.78 is 32.0. The fraction of sp³-hybridized carbons (Fsp3) is 0.682. The van der Waals surface area contributed by atoms with Crippen molar-refractivity contribution in [3.8, 4) is 0 Å². The monoisotopic (exact) mass is 438 g/mol. The molecule has 2 unspecified atom stereocenters. The fourth-order valence-corrected chi connectivity index (χ4v) is 5.11. The van der Waals surface area contributed by atoms with Crippen molar-refractivity contribution in [2.24, 2.45) is 10.4 Å². The molecule has 0 radical (unpaired) electrons. The third kappa shape index (κ3) is 5.95. The van der Waals surface area contributed by atoms with Gasteiger partial charge in [0.1, 0.15) is 0 Å². The lowest BCUT2D eigenvalue weighted by molar-refractivity contribution is -0.133. The number of benzene rings is 1. The predicted octanol–water partition coefficient (Wildman–Crippen LogP) is 2.77. The summed E-state index contributed by atoms with van der Waals surface area (Å²) >= 11 is 0. The number of sulfonamides is 1. The van der Waals surface area contributed by atoms with Gasteiger partial charge in [-0.15, -0.1) is 0 Å². The maximum absolute atomic E-state index is 11.8. The number of ether oxygens (including phenoxy) is 1. The molecule has 1 aromatic carbocycles. The van der Waals surface area contributed by atoms with Gasteiger partial charge in [0.2, 0.25) is 10.0 Å². The van der Waals surface area contributed by atoms with E-state index in [-0.39, 0.29) is 11.2 Å². The molecule has 0 bridgehead atoms. The molecule has 0 heterocycles. The summed E-state index contributed by atoms with van der Waals surface area (Å²) in [6.45, 7) is 10.6. The van der Waals surface area contributed by atoms with Crippen LogP contribution in [-0.4, -0.2) is 46.7 Å². The molecule has 3 N–H and O–H groups in total. The van der Waals surface area contributed by atoms with Crippen LogP contribution in [0.5, 0.6) is 0 Å². The first-order valence-electron chi connectivity index (χ1n) is 11.0. The summed E-state index contributed by atoms with van der Waals surface area (Å²) in [5.74, 6) is 0.757. The Morgan fingerprint density at radius 2 is 1.90 bits per heavy atom. The molecule has 170 valence electrons. The van der Waals surface area contributed by atoms with E-state index in [0.717, 1.165) is 49.5 Å². The number of nitrogens with one attached hydrogen (secondary N) is 3. The van der Waals surface area contributed by atoms with Crippen LogP contribution < -0.4 is 15.4 Å². The molecule has 1 aliphatic carbocycles. The first-order chi connectivity index (χ1) is 14.3. The Kier molecular flexibility index (Phi) is 9.12. The molecule has 0 spiro atoms. The standard InChI is InChI=1S/C22H38N4O3S/c1-6-22(7-2)19(14-20(22)29-9-4)26-21(24-8-3)25-15-17-11-10-12-18(13-17)16-30(27,28)23-5/h10-13,19-20,23H,6-9,14-16H2,1-5H3,(H2,24,25,26). The van der Waals surface area contributed by atoms with Crippen molar-refractivity contribution in [3.63, 3.8) is 0 Å². The van der Waals surface area contributed by atoms with Crippen LogP contribution in [0.3, 0.4) is 0 Å².